The Kier molecular flexibility index (Phi) is 9.69. The van der Waals surface area contributed by atoms with Crippen molar-refractivity contribution >= 4 is 53.1 Å². The maximum Gasteiger partial charge on any atom is 0.323 e. The fourth-order valence-corrected chi connectivity index (χ4v) is 6.64. The van der Waals surface area contributed by atoms with Crippen LogP contribution < -0.4 is 20.1 Å². The lowest BCUT2D eigenvalue weighted by atomic mass is 10.1. The number of aromatic nitrogens is 4. The number of carbonyl (C=O) groups is 1. The number of nitrogens with two attached hydrogens (primary N) is 1. The fourth-order valence-electron chi connectivity index (χ4n) is 3.93. The van der Waals surface area contributed by atoms with E-state index in [0.29, 0.717) is 5.75 Å². The van der Waals surface area contributed by atoms with Crippen molar-refractivity contribution < 1.29 is 37.5 Å². The largest absolute Gasteiger partial charge is 0.476 e. The first-order valence-electron chi connectivity index (χ1n) is 12.7. The molecular formula is C24H31ClFN6O7PS. The molecule has 224 valence electrons. The molecule has 0 amide bonds. The van der Waals surface area contributed by atoms with Crippen LogP contribution in [0.2, 0.25) is 0 Å². The van der Waals surface area contributed by atoms with E-state index in [1.807, 2.05) is 0 Å². The highest BCUT2D eigenvalue weighted by atomic mass is 35.5. The van der Waals surface area contributed by atoms with Gasteiger partial charge in [-0.1, -0.05) is 29.8 Å². The lowest BCUT2D eigenvalue weighted by Crippen LogP contribution is -2.40. The van der Waals surface area contributed by atoms with Crippen LogP contribution in [0.3, 0.4) is 0 Å². The van der Waals surface area contributed by atoms with E-state index in [1.54, 1.807) is 58.0 Å². The van der Waals surface area contributed by atoms with Crippen molar-refractivity contribution in [3.8, 4) is 11.6 Å². The predicted octanol–water partition coefficient (Wildman–Crippen LogP) is 3.22. The lowest BCUT2D eigenvalue weighted by Gasteiger charge is -2.28. The van der Waals surface area contributed by atoms with Crippen LogP contribution in [-0.4, -0.2) is 73.3 Å². The molecule has 0 unspecified atom stereocenters. The molecule has 41 heavy (non-hydrogen) atoms. The van der Waals surface area contributed by atoms with Gasteiger partial charge in [-0.2, -0.15) is 9.97 Å². The Labute approximate surface area is 245 Å². The second-order valence-corrected chi connectivity index (χ2v) is 13.0. The van der Waals surface area contributed by atoms with Crippen LogP contribution >= 0.6 is 18.2 Å². The molecule has 0 bridgehead atoms. The number of imidazole rings is 1. The van der Waals surface area contributed by atoms with E-state index in [0.717, 1.165) is 0 Å². The van der Waals surface area contributed by atoms with Gasteiger partial charge in [0.1, 0.15) is 24.0 Å². The van der Waals surface area contributed by atoms with Crippen molar-refractivity contribution in [2.75, 3.05) is 18.9 Å². The van der Waals surface area contributed by atoms with Gasteiger partial charge in [0.05, 0.1) is 25.6 Å². The van der Waals surface area contributed by atoms with Gasteiger partial charge < -0.3 is 34.1 Å². The van der Waals surface area contributed by atoms with Gasteiger partial charge in [-0.05, 0) is 51.6 Å². The average Bonchev–Trinajstić information content (AvgIpc) is 3.41. The summed E-state index contributed by atoms with van der Waals surface area (Å²) in [5, 5.41) is 10.9. The second-order valence-electron chi connectivity index (χ2n) is 9.32. The molecule has 17 heteroatoms. The van der Waals surface area contributed by atoms with Crippen molar-refractivity contribution in [3.63, 3.8) is 0 Å². The van der Waals surface area contributed by atoms with Crippen LogP contribution in [-0.2, 0) is 30.6 Å². The van der Waals surface area contributed by atoms with Gasteiger partial charge in [0, 0.05) is 0 Å². The smallest absolute Gasteiger partial charge is 0.323 e. The number of nitrogens with one attached hydrogen (secondary N) is 1. The number of esters is 1. The monoisotopic (exact) mass is 632 g/mol. The number of halogens is 2. The first-order chi connectivity index (χ1) is 19.3. The van der Waals surface area contributed by atoms with Gasteiger partial charge in [0.25, 0.3) is 5.13 Å². The molecular weight excluding hydrogens is 602 g/mol. The molecule has 4 rings (SSSR count). The van der Waals surface area contributed by atoms with Crippen LogP contribution in [0.15, 0.2) is 36.7 Å². The number of ether oxygens (including phenoxy) is 3. The van der Waals surface area contributed by atoms with Crippen molar-refractivity contribution in [2.45, 2.75) is 63.4 Å². The van der Waals surface area contributed by atoms with E-state index < -0.39 is 48.8 Å². The van der Waals surface area contributed by atoms with Crippen LogP contribution in [0, 0.1) is 0 Å². The number of rotatable bonds is 12. The Morgan fingerprint density at radius 1 is 1.34 bits per heavy atom. The number of nitrogen functional groups attached to an aromatic ring is 1. The molecule has 0 aliphatic carbocycles. The molecule has 2 aromatic heterocycles. The number of carbonyl (C=O) groups excluding carboxylic acids is 1. The van der Waals surface area contributed by atoms with E-state index in [9.17, 15) is 9.90 Å². The average molecular weight is 633 g/mol. The third-order valence-corrected chi connectivity index (χ3v) is 8.66. The number of hydrogen-bond donors (Lipinski definition) is 3. The number of aliphatic hydroxyl groups excluding tert-OH is 1. The van der Waals surface area contributed by atoms with Crippen LogP contribution in [0.4, 0.5) is 10.3 Å². The number of para-hydroxylation sites is 1. The molecule has 6 atom stereocenters. The van der Waals surface area contributed by atoms with Crippen molar-refractivity contribution in [1.82, 2.24) is 24.6 Å². The highest BCUT2D eigenvalue weighted by molar-refractivity contribution is 8.09. The van der Waals surface area contributed by atoms with Crippen LogP contribution in [0.25, 0.3) is 11.2 Å². The summed E-state index contributed by atoms with van der Waals surface area (Å²) < 4.78 is 45.4. The van der Waals surface area contributed by atoms with E-state index in [4.69, 9.17) is 52.4 Å². The maximum atomic E-state index is 15.8. The van der Waals surface area contributed by atoms with Crippen molar-refractivity contribution in [1.29, 1.82) is 0 Å². The number of hydrogen-bond acceptors (Lipinski definition) is 12. The number of alkyl halides is 2. The van der Waals surface area contributed by atoms with Crippen molar-refractivity contribution in [3.05, 3.63) is 36.7 Å². The maximum absolute atomic E-state index is 15.8. The summed E-state index contributed by atoms with van der Waals surface area (Å²) >= 11 is 11.9. The van der Waals surface area contributed by atoms with Gasteiger partial charge in [-0.15, -0.1) is 0 Å². The summed E-state index contributed by atoms with van der Waals surface area (Å²) in [6.07, 6.45) is -3.91. The first kappa shape index (κ1) is 31.3. The minimum absolute atomic E-state index is 0.0825. The highest BCUT2D eigenvalue weighted by Gasteiger charge is 2.58. The Morgan fingerprint density at radius 3 is 2.71 bits per heavy atom. The summed E-state index contributed by atoms with van der Waals surface area (Å²) in [6.45, 7) is 3.04. The predicted molar refractivity (Wildman–Crippen MR) is 152 cm³/mol. The molecule has 1 aromatic carbocycles. The first-order valence-corrected chi connectivity index (χ1v) is 15.7. The number of anilines is 1. The van der Waals surface area contributed by atoms with Crippen LogP contribution in [0.1, 0.15) is 33.9 Å². The van der Waals surface area contributed by atoms with Gasteiger partial charge >= 0.3 is 12.6 Å². The Hall–Kier alpha value is -2.65. The minimum Gasteiger partial charge on any atom is -0.476 e. The third kappa shape index (κ3) is 7.05. The topological polar surface area (TPSA) is 165 Å². The zero-order chi connectivity index (χ0) is 29.9. The number of aliphatic hydroxyl groups is 1. The summed E-state index contributed by atoms with van der Waals surface area (Å²) in [6, 6.07) is 7.64. The zero-order valence-corrected chi connectivity index (χ0v) is 25.1. The molecule has 0 saturated carbocycles. The zero-order valence-electron chi connectivity index (χ0n) is 22.6. The normalized spacial score (nSPS) is 24.7. The molecule has 1 fully saturated rings. The second kappa shape index (κ2) is 12.7. The van der Waals surface area contributed by atoms with Gasteiger partial charge in [0.15, 0.2) is 17.4 Å². The molecule has 1 aliphatic rings. The Bertz CT molecular complexity index is 1420. The van der Waals surface area contributed by atoms with Gasteiger partial charge in [-0.3, -0.25) is 9.36 Å². The third-order valence-electron chi connectivity index (χ3n) is 5.75. The summed E-state index contributed by atoms with van der Waals surface area (Å²) in [5.41, 5.74) is 6.09. The lowest BCUT2D eigenvalue weighted by molar-refractivity contribution is -0.149. The van der Waals surface area contributed by atoms with Gasteiger partial charge in [0.2, 0.25) is 11.8 Å². The molecule has 4 N–H and O–H groups in total. The van der Waals surface area contributed by atoms with Gasteiger partial charge in [-0.25, -0.2) is 14.5 Å². The minimum atomic E-state index is -3.50. The van der Waals surface area contributed by atoms with Crippen molar-refractivity contribution in [2.24, 2.45) is 0 Å². The number of nitrogens with zero attached hydrogens (tertiary/aromatic N) is 4. The molecule has 0 radical (unpaired) electrons. The van der Waals surface area contributed by atoms with Crippen LogP contribution in [0.5, 0.6) is 11.6 Å². The highest BCUT2D eigenvalue weighted by Crippen LogP contribution is 2.49. The fraction of sp³-hybridized carbons (Fsp3) is 0.500. The van der Waals surface area contributed by atoms with E-state index >= 15 is 4.39 Å². The standard InChI is InChI=1S/C24H31ClFN6O7PS/c1-5-35-20-17-19(29-23(27)30-20)32(12-28-17)22-24(25,26)18(33)16(38-22)11-36-40(41,39-15-9-7-6-8-10-15)31-14(4)21(34)37-13(2)3/h6-10,12-14,16,18,22,33H,5,11H2,1-4H3,(H,31,41)(H2,27,29,30)/t14-,16-,18-,22-,24+,40-/m1/s1. The SMILES string of the molecule is CCOc1nc(N)nc2c1ncn2[C@@H]1O[C@H](CO[P@](=S)(N[C@H](C)C(=O)OC(C)C)Oc2ccccc2)[C@@H](O)[C@@]1(F)Cl. The number of benzene rings is 1. The quantitative estimate of drug-likeness (QED) is 0.152. The Balaban J connectivity index is 1.56. The summed E-state index contributed by atoms with van der Waals surface area (Å²) in [4.78, 5) is 24.8. The number of fused-ring (bicyclic) bond motifs is 1. The molecule has 1 saturated heterocycles. The molecule has 3 heterocycles. The molecule has 1 aliphatic heterocycles. The van der Waals surface area contributed by atoms with E-state index in [2.05, 4.69) is 20.0 Å². The Morgan fingerprint density at radius 2 is 2.05 bits per heavy atom. The van der Waals surface area contributed by atoms with E-state index in [1.165, 1.54) is 10.9 Å². The summed E-state index contributed by atoms with van der Waals surface area (Å²) in [7, 11) is 0. The van der Waals surface area contributed by atoms with E-state index in [-0.39, 0.29) is 35.7 Å². The molecule has 3 aromatic rings. The molecule has 0 spiro atoms. The molecule has 13 nitrogen and oxygen atoms in total. The summed E-state index contributed by atoms with van der Waals surface area (Å²) in [5.74, 6) is -0.255.